The molecule has 0 radical (unpaired) electrons. The number of hydrogen-bond donors (Lipinski definition) is 1. The van der Waals surface area contributed by atoms with Crippen LogP contribution in [0.15, 0.2) is 58.1 Å². The van der Waals surface area contributed by atoms with E-state index in [1.54, 1.807) is 42.5 Å². The molecule has 0 spiro atoms. The van der Waals surface area contributed by atoms with Gasteiger partial charge in [-0.25, -0.2) is 9.36 Å². The minimum atomic E-state index is -0.619. The van der Waals surface area contributed by atoms with E-state index in [2.05, 4.69) is 5.32 Å². The van der Waals surface area contributed by atoms with Gasteiger partial charge in [-0.2, -0.15) is 0 Å². The molecule has 8 nitrogen and oxygen atoms in total. The molecule has 0 unspecified atom stereocenters. The number of nitrogens with one attached hydrogen (secondary N) is 1. The third-order valence-electron chi connectivity index (χ3n) is 5.25. The summed E-state index contributed by atoms with van der Waals surface area (Å²) in [6.07, 6.45) is 0.696. The Morgan fingerprint density at radius 3 is 2.50 bits per heavy atom. The van der Waals surface area contributed by atoms with Crippen LogP contribution >= 0.6 is 22.9 Å². The topological polar surface area (TPSA) is 91.6 Å². The molecule has 0 atom stereocenters. The lowest BCUT2D eigenvalue weighted by atomic mass is 10.2. The van der Waals surface area contributed by atoms with Crippen LogP contribution in [-0.2, 0) is 17.8 Å². The molecule has 0 bridgehead atoms. The molecule has 2 heterocycles. The molecule has 1 N–H and O–H groups in total. The lowest BCUT2D eigenvalue weighted by molar-refractivity contribution is -0.116. The molecule has 0 aliphatic heterocycles. The fourth-order valence-corrected chi connectivity index (χ4v) is 4.88. The van der Waals surface area contributed by atoms with Crippen molar-refractivity contribution >= 4 is 44.7 Å². The van der Waals surface area contributed by atoms with Crippen molar-refractivity contribution in [2.45, 2.75) is 19.9 Å². The molecule has 1 amide bonds. The van der Waals surface area contributed by atoms with Crippen LogP contribution in [0.5, 0.6) is 11.5 Å². The van der Waals surface area contributed by atoms with Crippen LogP contribution in [0.1, 0.15) is 11.8 Å². The van der Waals surface area contributed by atoms with Crippen LogP contribution in [0.4, 0.5) is 5.69 Å². The largest absolute Gasteiger partial charge is 0.493 e. The Kier molecular flexibility index (Phi) is 6.76. The number of rotatable bonds is 7. The van der Waals surface area contributed by atoms with Crippen LogP contribution in [0.2, 0.25) is 5.02 Å². The Balaban J connectivity index is 1.79. The summed E-state index contributed by atoms with van der Waals surface area (Å²) in [5.74, 6) is 0.552. The number of anilines is 1. The van der Waals surface area contributed by atoms with Crippen LogP contribution in [0, 0.1) is 0 Å². The van der Waals surface area contributed by atoms with Gasteiger partial charge in [-0.05, 0) is 42.8 Å². The second kappa shape index (κ2) is 9.74. The second-order valence-corrected chi connectivity index (χ2v) is 8.94. The Morgan fingerprint density at radius 1 is 1.06 bits per heavy atom. The van der Waals surface area contributed by atoms with Gasteiger partial charge in [-0.1, -0.05) is 24.6 Å². The van der Waals surface area contributed by atoms with Crippen molar-refractivity contribution in [3.8, 4) is 17.2 Å². The summed E-state index contributed by atoms with van der Waals surface area (Å²) < 4.78 is 12.9. The van der Waals surface area contributed by atoms with E-state index < -0.39 is 17.2 Å². The number of benzene rings is 2. The van der Waals surface area contributed by atoms with Crippen molar-refractivity contribution in [1.29, 1.82) is 0 Å². The van der Waals surface area contributed by atoms with E-state index in [1.807, 2.05) is 6.92 Å². The smallest absolute Gasteiger partial charge is 0.337 e. The van der Waals surface area contributed by atoms with Gasteiger partial charge in [0, 0.05) is 21.7 Å². The van der Waals surface area contributed by atoms with Gasteiger partial charge in [0.05, 0.1) is 25.3 Å². The van der Waals surface area contributed by atoms with Gasteiger partial charge in [-0.15, -0.1) is 11.3 Å². The van der Waals surface area contributed by atoms with Crippen molar-refractivity contribution in [2.75, 3.05) is 19.5 Å². The van der Waals surface area contributed by atoms with Crippen LogP contribution in [0.3, 0.4) is 0 Å². The molecule has 4 aromatic rings. The van der Waals surface area contributed by atoms with E-state index in [4.69, 9.17) is 21.1 Å². The van der Waals surface area contributed by atoms with Crippen molar-refractivity contribution in [2.24, 2.45) is 0 Å². The zero-order valence-corrected chi connectivity index (χ0v) is 20.3. The van der Waals surface area contributed by atoms with Gasteiger partial charge in [0.15, 0.2) is 11.5 Å². The number of amides is 1. The number of hydrogen-bond acceptors (Lipinski definition) is 6. The normalized spacial score (nSPS) is 10.9. The Morgan fingerprint density at radius 2 is 1.82 bits per heavy atom. The third-order valence-corrected chi connectivity index (χ3v) is 6.79. The van der Waals surface area contributed by atoms with Gasteiger partial charge >= 0.3 is 5.69 Å². The fraction of sp³-hybridized carbons (Fsp3) is 0.208. The van der Waals surface area contributed by atoms with Crippen molar-refractivity contribution in [3.63, 3.8) is 0 Å². The van der Waals surface area contributed by atoms with Crippen LogP contribution in [0.25, 0.3) is 15.9 Å². The molecule has 2 aromatic heterocycles. The van der Waals surface area contributed by atoms with E-state index in [-0.39, 0.29) is 6.54 Å². The maximum atomic E-state index is 13.5. The Hall–Kier alpha value is -3.56. The van der Waals surface area contributed by atoms with Crippen molar-refractivity contribution < 1.29 is 14.3 Å². The predicted octanol–water partition coefficient (Wildman–Crippen LogP) is 4.09. The fourth-order valence-electron chi connectivity index (χ4n) is 3.61. The molecule has 34 heavy (non-hydrogen) atoms. The highest BCUT2D eigenvalue weighted by atomic mass is 35.5. The summed E-state index contributed by atoms with van der Waals surface area (Å²) in [5, 5.41) is 3.54. The number of fused-ring (bicyclic) bond motifs is 1. The number of halogens is 1. The first-order valence-electron chi connectivity index (χ1n) is 10.4. The lowest BCUT2D eigenvalue weighted by Gasteiger charge is -2.13. The molecule has 0 aliphatic carbocycles. The highest BCUT2D eigenvalue weighted by Gasteiger charge is 2.19. The molecule has 4 rings (SSSR count). The average Bonchev–Trinajstić information content (AvgIpc) is 3.27. The Bertz CT molecular complexity index is 1510. The molecule has 176 valence electrons. The minimum absolute atomic E-state index is 0.284. The van der Waals surface area contributed by atoms with Gasteiger partial charge < -0.3 is 14.8 Å². The lowest BCUT2D eigenvalue weighted by Crippen LogP contribution is -2.40. The minimum Gasteiger partial charge on any atom is -0.493 e. The molecular weight excluding hydrogens is 478 g/mol. The number of aryl methyl sites for hydroxylation is 1. The first-order chi connectivity index (χ1) is 16.4. The van der Waals surface area contributed by atoms with Gasteiger partial charge in [0.2, 0.25) is 5.91 Å². The molecule has 0 fully saturated rings. The Labute approximate surface area is 203 Å². The first kappa shape index (κ1) is 23.6. The number of carbonyl (C=O) groups excluding carboxylic acids is 1. The standard InChI is InChI=1S/C24H22ClN3O5S/c1-4-17-12-18-22(30)28(16-7-5-6-14(25)10-16)24(31)27(23(18)34-17)13-21(29)26-15-8-9-19(32-2)20(11-15)33-3/h5-12H,4,13H2,1-3H3,(H,26,29). The SMILES string of the molecule is CCc1cc2c(=O)n(-c3cccc(Cl)c3)c(=O)n(CC(=O)Nc3ccc(OC)c(OC)c3)c2s1. The molecule has 10 heteroatoms. The maximum absolute atomic E-state index is 13.5. The van der Waals surface area contributed by atoms with E-state index in [1.165, 1.54) is 36.2 Å². The van der Waals surface area contributed by atoms with Gasteiger partial charge in [0.25, 0.3) is 5.56 Å². The van der Waals surface area contributed by atoms with Crippen molar-refractivity contribution in [1.82, 2.24) is 9.13 Å². The molecule has 0 saturated heterocycles. The van der Waals surface area contributed by atoms with E-state index in [0.717, 1.165) is 9.44 Å². The van der Waals surface area contributed by atoms with Gasteiger partial charge in [0.1, 0.15) is 11.4 Å². The summed E-state index contributed by atoms with van der Waals surface area (Å²) in [5.41, 5.74) is -0.250. The second-order valence-electron chi connectivity index (χ2n) is 7.39. The number of nitrogens with zero attached hydrogens (tertiary/aromatic N) is 2. The summed E-state index contributed by atoms with van der Waals surface area (Å²) in [7, 11) is 3.02. The number of aromatic nitrogens is 2. The van der Waals surface area contributed by atoms with Crippen LogP contribution in [-0.4, -0.2) is 29.3 Å². The van der Waals surface area contributed by atoms with E-state index in [0.29, 0.717) is 44.5 Å². The van der Waals surface area contributed by atoms with Crippen molar-refractivity contribution in [3.05, 3.63) is 79.3 Å². The number of carbonyl (C=O) groups is 1. The molecular formula is C24H22ClN3O5S. The van der Waals surface area contributed by atoms with E-state index in [9.17, 15) is 14.4 Å². The zero-order valence-electron chi connectivity index (χ0n) is 18.8. The highest BCUT2D eigenvalue weighted by Crippen LogP contribution is 2.30. The summed E-state index contributed by atoms with van der Waals surface area (Å²) in [6.45, 7) is 1.68. The van der Waals surface area contributed by atoms with Crippen LogP contribution < -0.4 is 26.0 Å². The number of ether oxygens (including phenoxy) is 2. The molecule has 2 aromatic carbocycles. The van der Waals surface area contributed by atoms with Gasteiger partial charge in [-0.3, -0.25) is 14.2 Å². The quantitative estimate of drug-likeness (QED) is 0.413. The number of methoxy groups -OCH3 is 2. The number of thiophene rings is 1. The highest BCUT2D eigenvalue weighted by molar-refractivity contribution is 7.18. The monoisotopic (exact) mass is 499 g/mol. The average molecular weight is 500 g/mol. The molecule has 0 saturated carbocycles. The predicted molar refractivity (Wildman–Crippen MR) is 134 cm³/mol. The third kappa shape index (κ3) is 4.44. The van der Waals surface area contributed by atoms with E-state index >= 15 is 0 Å². The summed E-state index contributed by atoms with van der Waals surface area (Å²) in [4.78, 5) is 41.0. The first-order valence-corrected chi connectivity index (χ1v) is 11.6. The maximum Gasteiger partial charge on any atom is 0.337 e. The summed E-state index contributed by atoms with van der Waals surface area (Å²) in [6, 6.07) is 13.2. The summed E-state index contributed by atoms with van der Waals surface area (Å²) >= 11 is 7.43. The molecule has 0 aliphatic rings. The zero-order chi connectivity index (χ0) is 24.4.